The molecule has 6 heteroatoms. The summed E-state index contributed by atoms with van der Waals surface area (Å²) in [7, 11) is 0. The Hall–Kier alpha value is -1.43. The minimum Gasteiger partial charge on any atom is -0.384 e. The molecule has 3 N–H and O–H groups in total. The molecule has 0 saturated heterocycles. The Bertz CT molecular complexity index is 231. The summed E-state index contributed by atoms with van der Waals surface area (Å²) in [4.78, 5) is 14.4. The van der Waals surface area contributed by atoms with Gasteiger partial charge in [-0.25, -0.2) is 5.10 Å². The van der Waals surface area contributed by atoms with Crippen molar-refractivity contribution in [2.24, 2.45) is 0 Å². The Morgan fingerprint density at radius 1 is 1.91 bits per heavy atom. The Morgan fingerprint density at radius 3 is 3.09 bits per heavy atom. The zero-order valence-electron chi connectivity index (χ0n) is 5.90. The summed E-state index contributed by atoms with van der Waals surface area (Å²) >= 11 is 0. The summed E-state index contributed by atoms with van der Waals surface area (Å²) in [6, 6.07) is 0. The van der Waals surface area contributed by atoms with E-state index in [1.54, 1.807) is 0 Å². The van der Waals surface area contributed by atoms with Crippen molar-refractivity contribution in [3.05, 3.63) is 6.33 Å². The lowest BCUT2D eigenvalue weighted by atomic mass is 10.4. The fraction of sp³-hybridized carbons (Fsp3) is 0.400. The van der Waals surface area contributed by atoms with Gasteiger partial charge in [-0.2, -0.15) is 10.1 Å². The van der Waals surface area contributed by atoms with Crippen LogP contribution in [0, 0.1) is 0 Å². The second-order valence-corrected chi connectivity index (χ2v) is 2.00. The largest absolute Gasteiger partial charge is 0.384 e. The van der Waals surface area contributed by atoms with Crippen molar-refractivity contribution in [3.8, 4) is 0 Å². The highest BCUT2D eigenvalue weighted by Crippen LogP contribution is 1.93. The molecule has 1 atom stereocenters. The fourth-order valence-corrected chi connectivity index (χ4v) is 0.487. The summed E-state index contributed by atoms with van der Waals surface area (Å²) in [5, 5.41) is 17.0. The van der Waals surface area contributed by atoms with Crippen LogP contribution in [0.4, 0.5) is 5.95 Å². The number of H-pyrrole nitrogens is 1. The summed E-state index contributed by atoms with van der Waals surface area (Å²) in [6.45, 7) is 1.37. The SMILES string of the molecule is C[C@@H](O)C(=O)Nc1ncn[nH]1. The maximum absolute atomic E-state index is 10.8. The quantitative estimate of drug-likeness (QED) is 0.518. The molecule has 60 valence electrons. The van der Waals surface area contributed by atoms with Crippen molar-refractivity contribution in [3.63, 3.8) is 0 Å². The van der Waals surface area contributed by atoms with Crippen LogP contribution in [0.1, 0.15) is 6.92 Å². The second kappa shape index (κ2) is 3.11. The van der Waals surface area contributed by atoms with Crippen LogP contribution in [0.3, 0.4) is 0 Å². The molecular weight excluding hydrogens is 148 g/mol. The lowest BCUT2D eigenvalue weighted by molar-refractivity contribution is -0.123. The summed E-state index contributed by atoms with van der Waals surface area (Å²) in [6.07, 6.45) is 0.220. The monoisotopic (exact) mass is 156 g/mol. The number of aromatic amines is 1. The number of aliphatic hydroxyl groups is 1. The van der Waals surface area contributed by atoms with Gasteiger partial charge in [-0.3, -0.25) is 10.1 Å². The van der Waals surface area contributed by atoms with Gasteiger partial charge >= 0.3 is 0 Å². The van der Waals surface area contributed by atoms with Gasteiger partial charge in [0.05, 0.1) is 0 Å². The molecule has 1 aromatic heterocycles. The van der Waals surface area contributed by atoms with Crippen molar-refractivity contribution >= 4 is 11.9 Å². The van der Waals surface area contributed by atoms with E-state index in [4.69, 9.17) is 5.11 Å². The minimum atomic E-state index is -1.04. The molecule has 1 heterocycles. The molecule has 11 heavy (non-hydrogen) atoms. The predicted molar refractivity (Wildman–Crippen MR) is 36.7 cm³/mol. The van der Waals surface area contributed by atoms with E-state index < -0.39 is 12.0 Å². The van der Waals surface area contributed by atoms with Gasteiger partial charge in [0.1, 0.15) is 12.4 Å². The van der Waals surface area contributed by atoms with Crippen molar-refractivity contribution in [1.29, 1.82) is 0 Å². The standard InChI is InChI=1S/C5H8N4O2/c1-3(10)4(11)8-5-6-2-7-9-5/h2-3,10H,1H3,(H2,6,7,8,9,11)/t3-/m1/s1. The molecule has 1 amide bonds. The third-order valence-electron chi connectivity index (χ3n) is 1.04. The molecule has 1 rings (SSSR count). The highest BCUT2D eigenvalue weighted by atomic mass is 16.3. The molecule has 0 aliphatic carbocycles. The average Bonchev–Trinajstić information content (AvgIpc) is 2.39. The molecule has 1 aromatic rings. The number of aliphatic hydroxyl groups excluding tert-OH is 1. The molecule has 0 aromatic carbocycles. The van der Waals surface area contributed by atoms with Gasteiger partial charge in [-0.15, -0.1) is 0 Å². The molecule has 0 fully saturated rings. The normalized spacial score (nSPS) is 12.5. The molecule has 0 aliphatic rings. The number of aromatic nitrogens is 3. The maximum atomic E-state index is 10.8. The third kappa shape index (κ3) is 2.01. The van der Waals surface area contributed by atoms with E-state index in [1.807, 2.05) is 0 Å². The topological polar surface area (TPSA) is 90.9 Å². The van der Waals surface area contributed by atoms with Gasteiger partial charge in [0.25, 0.3) is 5.91 Å². The molecular formula is C5H8N4O2. The van der Waals surface area contributed by atoms with Crippen molar-refractivity contribution in [2.45, 2.75) is 13.0 Å². The lowest BCUT2D eigenvalue weighted by Crippen LogP contribution is -2.24. The molecule has 6 nitrogen and oxygen atoms in total. The number of carbonyl (C=O) groups is 1. The first-order valence-corrected chi connectivity index (χ1v) is 3.04. The number of rotatable bonds is 2. The molecule has 0 unspecified atom stereocenters. The van der Waals surface area contributed by atoms with E-state index in [0.717, 1.165) is 0 Å². The average molecular weight is 156 g/mol. The predicted octanol–water partition coefficient (Wildman–Crippen LogP) is -0.876. The van der Waals surface area contributed by atoms with E-state index in [0.29, 0.717) is 0 Å². The molecule has 0 bridgehead atoms. The van der Waals surface area contributed by atoms with Crippen molar-refractivity contribution in [1.82, 2.24) is 15.2 Å². The van der Waals surface area contributed by atoms with Gasteiger partial charge in [0.15, 0.2) is 0 Å². The van der Waals surface area contributed by atoms with E-state index >= 15 is 0 Å². The van der Waals surface area contributed by atoms with E-state index in [9.17, 15) is 4.79 Å². The summed E-state index contributed by atoms with van der Waals surface area (Å²) in [5.74, 6) is -0.280. The van der Waals surface area contributed by atoms with Crippen LogP contribution in [-0.4, -0.2) is 32.3 Å². The highest BCUT2D eigenvalue weighted by Gasteiger charge is 2.09. The van der Waals surface area contributed by atoms with E-state index in [2.05, 4.69) is 20.5 Å². The Labute approximate surface area is 62.6 Å². The van der Waals surface area contributed by atoms with Gasteiger partial charge in [-0.05, 0) is 6.92 Å². The Morgan fingerprint density at radius 2 is 2.64 bits per heavy atom. The highest BCUT2D eigenvalue weighted by molar-refractivity contribution is 5.91. The first kappa shape index (κ1) is 7.67. The first-order valence-electron chi connectivity index (χ1n) is 3.04. The van der Waals surface area contributed by atoms with Crippen molar-refractivity contribution < 1.29 is 9.90 Å². The molecule has 0 spiro atoms. The van der Waals surface area contributed by atoms with Gasteiger partial charge in [0, 0.05) is 0 Å². The zero-order chi connectivity index (χ0) is 8.27. The van der Waals surface area contributed by atoms with Crippen molar-refractivity contribution in [2.75, 3.05) is 5.32 Å². The number of nitrogens with one attached hydrogen (secondary N) is 2. The van der Waals surface area contributed by atoms with Crippen LogP contribution in [0.25, 0.3) is 0 Å². The molecule has 0 saturated carbocycles. The van der Waals surface area contributed by atoms with Crippen LogP contribution in [0.2, 0.25) is 0 Å². The number of amides is 1. The zero-order valence-corrected chi connectivity index (χ0v) is 5.90. The van der Waals surface area contributed by atoms with Gasteiger partial charge in [-0.1, -0.05) is 0 Å². The third-order valence-corrected chi connectivity index (χ3v) is 1.04. The maximum Gasteiger partial charge on any atom is 0.255 e. The van der Waals surface area contributed by atoms with Gasteiger partial charge < -0.3 is 5.11 Å². The van der Waals surface area contributed by atoms with Gasteiger partial charge in [0.2, 0.25) is 5.95 Å². The van der Waals surface area contributed by atoms with Crippen LogP contribution in [-0.2, 0) is 4.79 Å². The van der Waals surface area contributed by atoms with Crippen LogP contribution in [0.5, 0.6) is 0 Å². The number of hydrogen-bond donors (Lipinski definition) is 3. The summed E-state index contributed by atoms with van der Waals surface area (Å²) in [5.41, 5.74) is 0. The number of anilines is 1. The molecule has 0 aliphatic heterocycles. The fourth-order valence-electron chi connectivity index (χ4n) is 0.487. The number of nitrogens with zero attached hydrogens (tertiary/aromatic N) is 2. The van der Waals surface area contributed by atoms with Crippen LogP contribution < -0.4 is 5.32 Å². The minimum absolute atomic E-state index is 0.232. The number of hydrogen-bond acceptors (Lipinski definition) is 4. The lowest BCUT2D eigenvalue weighted by Gasteiger charge is -2.01. The smallest absolute Gasteiger partial charge is 0.255 e. The number of carbonyl (C=O) groups excluding carboxylic acids is 1. The molecule has 0 radical (unpaired) electrons. The Kier molecular flexibility index (Phi) is 2.17. The Balaban J connectivity index is 2.50. The first-order chi connectivity index (χ1) is 5.20. The summed E-state index contributed by atoms with van der Waals surface area (Å²) < 4.78 is 0. The van der Waals surface area contributed by atoms with Crippen LogP contribution in [0.15, 0.2) is 6.33 Å². The van der Waals surface area contributed by atoms with Crippen LogP contribution >= 0.6 is 0 Å². The second-order valence-electron chi connectivity index (χ2n) is 2.00. The van der Waals surface area contributed by atoms with E-state index in [1.165, 1.54) is 13.3 Å². The van der Waals surface area contributed by atoms with E-state index in [-0.39, 0.29) is 5.95 Å².